The van der Waals surface area contributed by atoms with Gasteiger partial charge in [-0.05, 0) is 12.8 Å². The number of carbonyl (C=O) groups is 2. The summed E-state index contributed by atoms with van der Waals surface area (Å²) < 4.78 is 42.4. The van der Waals surface area contributed by atoms with E-state index in [4.69, 9.17) is 5.11 Å². The Balaban J connectivity index is 2.66. The third-order valence-electron chi connectivity index (χ3n) is 2.63. The third-order valence-corrected chi connectivity index (χ3v) is 2.63. The summed E-state index contributed by atoms with van der Waals surface area (Å²) in [5, 5.41) is 16.1. The van der Waals surface area contributed by atoms with Gasteiger partial charge in [-0.25, -0.2) is 9.59 Å². The number of nitrogens with one attached hydrogen (secondary N) is 2. The molecule has 1 heterocycles. The third kappa shape index (κ3) is 5.11. The monoisotopic (exact) mass is 321 g/mol. The SMILES string of the molecule is C=CCOC(=O)N[C@H](CCc1cn[nH]c1C(F)(F)F)C(=O)O. The van der Waals surface area contributed by atoms with Crippen molar-refractivity contribution >= 4 is 12.1 Å². The summed E-state index contributed by atoms with van der Waals surface area (Å²) in [6.45, 7) is 3.20. The highest BCUT2D eigenvalue weighted by Gasteiger charge is 2.35. The molecule has 0 saturated carbocycles. The first kappa shape index (κ1) is 17.5. The van der Waals surface area contributed by atoms with E-state index >= 15 is 0 Å². The van der Waals surface area contributed by atoms with Crippen LogP contribution < -0.4 is 5.32 Å². The molecule has 0 spiro atoms. The van der Waals surface area contributed by atoms with Crippen molar-refractivity contribution in [1.82, 2.24) is 15.5 Å². The minimum Gasteiger partial charge on any atom is -0.480 e. The molecule has 1 amide bonds. The lowest BCUT2D eigenvalue weighted by Gasteiger charge is -2.14. The number of aryl methyl sites for hydroxylation is 1. The number of carbonyl (C=O) groups excluding carboxylic acids is 1. The van der Waals surface area contributed by atoms with Gasteiger partial charge in [0.1, 0.15) is 18.3 Å². The smallest absolute Gasteiger partial charge is 0.433 e. The second-order valence-corrected chi connectivity index (χ2v) is 4.23. The van der Waals surface area contributed by atoms with Crippen LogP contribution in [0.5, 0.6) is 0 Å². The molecule has 0 fully saturated rings. The summed E-state index contributed by atoms with van der Waals surface area (Å²) >= 11 is 0. The Morgan fingerprint density at radius 3 is 2.77 bits per heavy atom. The van der Waals surface area contributed by atoms with E-state index in [0.717, 1.165) is 6.20 Å². The van der Waals surface area contributed by atoms with Gasteiger partial charge in [0.15, 0.2) is 0 Å². The Labute approximate surface area is 123 Å². The predicted molar refractivity (Wildman–Crippen MR) is 68.0 cm³/mol. The number of alkyl carbamates (subject to hydrolysis) is 1. The first-order chi connectivity index (χ1) is 10.3. The van der Waals surface area contributed by atoms with E-state index < -0.39 is 30.0 Å². The number of hydrogen-bond donors (Lipinski definition) is 3. The quantitative estimate of drug-likeness (QED) is 0.663. The first-order valence-electron chi connectivity index (χ1n) is 6.12. The average molecular weight is 321 g/mol. The first-order valence-corrected chi connectivity index (χ1v) is 6.12. The Morgan fingerprint density at radius 2 is 2.23 bits per heavy atom. The van der Waals surface area contributed by atoms with Gasteiger partial charge in [0.25, 0.3) is 0 Å². The number of nitrogens with zero attached hydrogens (tertiary/aromatic N) is 1. The molecule has 122 valence electrons. The molecule has 0 aromatic carbocycles. The molecule has 0 unspecified atom stereocenters. The summed E-state index contributed by atoms with van der Waals surface area (Å²) in [4.78, 5) is 22.3. The molecule has 3 N–H and O–H groups in total. The minimum atomic E-state index is -4.61. The van der Waals surface area contributed by atoms with Crippen LogP contribution >= 0.6 is 0 Å². The van der Waals surface area contributed by atoms with E-state index in [1.807, 2.05) is 5.10 Å². The van der Waals surface area contributed by atoms with Gasteiger partial charge in [0.05, 0.1) is 6.20 Å². The van der Waals surface area contributed by atoms with Crippen LogP contribution in [0.4, 0.5) is 18.0 Å². The van der Waals surface area contributed by atoms with Gasteiger partial charge in [-0.1, -0.05) is 12.7 Å². The summed E-state index contributed by atoms with van der Waals surface area (Å²) in [5.74, 6) is -1.38. The van der Waals surface area contributed by atoms with E-state index in [-0.39, 0.29) is 25.0 Å². The molecule has 1 rings (SSSR count). The van der Waals surface area contributed by atoms with Crippen LogP contribution in [-0.4, -0.2) is 40.0 Å². The van der Waals surface area contributed by atoms with Crippen LogP contribution in [0.25, 0.3) is 0 Å². The molecular formula is C12H14F3N3O4. The molecule has 22 heavy (non-hydrogen) atoms. The van der Waals surface area contributed by atoms with Crippen LogP contribution in [0, 0.1) is 0 Å². The van der Waals surface area contributed by atoms with Crippen molar-refractivity contribution < 1.29 is 32.6 Å². The Morgan fingerprint density at radius 1 is 1.55 bits per heavy atom. The van der Waals surface area contributed by atoms with Gasteiger partial charge in [-0.2, -0.15) is 18.3 Å². The number of hydrogen-bond acceptors (Lipinski definition) is 4. The average Bonchev–Trinajstić information content (AvgIpc) is 2.89. The molecule has 7 nitrogen and oxygen atoms in total. The molecule has 0 aliphatic carbocycles. The minimum absolute atomic E-state index is 0.113. The molecule has 0 aliphatic heterocycles. The number of amides is 1. The lowest BCUT2D eigenvalue weighted by atomic mass is 10.1. The van der Waals surface area contributed by atoms with Crippen molar-refractivity contribution in [2.24, 2.45) is 0 Å². The number of H-pyrrole nitrogens is 1. The Kier molecular flexibility index (Phi) is 5.96. The second-order valence-electron chi connectivity index (χ2n) is 4.23. The standard InChI is InChI=1S/C12H14F3N3O4/c1-2-5-22-11(21)17-8(10(19)20)4-3-7-6-16-18-9(7)12(13,14)15/h2,6,8H,1,3-5H2,(H,16,18)(H,17,21)(H,19,20)/t8-/m1/s1. The predicted octanol–water partition coefficient (Wildman–Crippen LogP) is 1.73. The fraction of sp³-hybridized carbons (Fsp3) is 0.417. The highest BCUT2D eigenvalue weighted by molar-refractivity contribution is 5.79. The summed E-state index contributed by atoms with van der Waals surface area (Å²) in [6, 6.07) is -1.38. The number of halogens is 3. The number of carboxylic acids is 1. The van der Waals surface area contributed by atoms with E-state index in [9.17, 15) is 22.8 Å². The number of carboxylic acid groups (broad SMARTS) is 1. The van der Waals surface area contributed by atoms with Crippen molar-refractivity contribution in [1.29, 1.82) is 0 Å². The van der Waals surface area contributed by atoms with Crippen molar-refractivity contribution in [2.75, 3.05) is 6.61 Å². The maximum absolute atomic E-state index is 12.6. The van der Waals surface area contributed by atoms with Crippen molar-refractivity contribution in [3.05, 3.63) is 30.1 Å². The van der Waals surface area contributed by atoms with E-state index in [1.54, 1.807) is 0 Å². The second kappa shape index (κ2) is 7.48. The Bertz CT molecular complexity index is 542. The maximum atomic E-state index is 12.6. The van der Waals surface area contributed by atoms with Crippen molar-refractivity contribution in [3.63, 3.8) is 0 Å². The molecule has 0 radical (unpaired) electrons. The van der Waals surface area contributed by atoms with Crippen molar-refractivity contribution in [2.45, 2.75) is 25.1 Å². The summed E-state index contributed by atoms with van der Waals surface area (Å²) in [6.07, 6.45) is -3.82. The van der Waals surface area contributed by atoms with Gasteiger partial charge in [0, 0.05) is 5.56 Å². The van der Waals surface area contributed by atoms with Crippen LogP contribution in [0.15, 0.2) is 18.9 Å². The van der Waals surface area contributed by atoms with E-state index in [1.165, 1.54) is 6.08 Å². The summed E-state index contributed by atoms with van der Waals surface area (Å²) in [5.41, 5.74) is -1.22. The Hall–Kier alpha value is -2.52. The number of ether oxygens (including phenoxy) is 1. The van der Waals surface area contributed by atoms with Crippen LogP contribution in [-0.2, 0) is 22.1 Å². The van der Waals surface area contributed by atoms with Gasteiger partial charge in [0.2, 0.25) is 0 Å². The zero-order chi connectivity index (χ0) is 16.8. The van der Waals surface area contributed by atoms with Crippen LogP contribution in [0.3, 0.4) is 0 Å². The van der Waals surface area contributed by atoms with Crippen molar-refractivity contribution in [3.8, 4) is 0 Å². The maximum Gasteiger partial charge on any atom is 0.433 e. The molecule has 1 aromatic rings. The largest absolute Gasteiger partial charge is 0.480 e. The molecule has 10 heteroatoms. The molecule has 1 atom stereocenters. The fourth-order valence-corrected chi connectivity index (χ4v) is 1.62. The van der Waals surface area contributed by atoms with Crippen LogP contribution in [0.1, 0.15) is 17.7 Å². The number of rotatable bonds is 7. The van der Waals surface area contributed by atoms with E-state index in [0.29, 0.717) is 0 Å². The lowest BCUT2D eigenvalue weighted by Crippen LogP contribution is -2.41. The summed E-state index contributed by atoms with van der Waals surface area (Å²) in [7, 11) is 0. The zero-order valence-corrected chi connectivity index (χ0v) is 11.3. The molecule has 0 aliphatic rings. The normalized spacial score (nSPS) is 12.5. The number of aromatic amines is 1. The highest BCUT2D eigenvalue weighted by Crippen LogP contribution is 2.30. The lowest BCUT2D eigenvalue weighted by molar-refractivity contribution is -0.141. The highest BCUT2D eigenvalue weighted by atomic mass is 19.4. The zero-order valence-electron chi connectivity index (χ0n) is 11.3. The molecule has 0 saturated heterocycles. The molecule has 1 aromatic heterocycles. The number of aromatic nitrogens is 2. The van der Waals surface area contributed by atoms with E-state index in [2.05, 4.69) is 21.7 Å². The fourth-order valence-electron chi connectivity index (χ4n) is 1.62. The van der Waals surface area contributed by atoms with Gasteiger partial charge in [-0.15, -0.1) is 0 Å². The number of alkyl halides is 3. The number of aliphatic carboxylic acids is 1. The van der Waals surface area contributed by atoms with Crippen LogP contribution in [0.2, 0.25) is 0 Å². The topological polar surface area (TPSA) is 104 Å². The molecular weight excluding hydrogens is 307 g/mol. The molecule has 0 bridgehead atoms. The van der Waals surface area contributed by atoms with Gasteiger partial charge in [-0.3, -0.25) is 5.10 Å². The van der Waals surface area contributed by atoms with Gasteiger partial charge < -0.3 is 15.2 Å². The van der Waals surface area contributed by atoms with Gasteiger partial charge >= 0.3 is 18.2 Å².